The highest BCUT2D eigenvalue weighted by Crippen LogP contribution is 2.47. The lowest BCUT2D eigenvalue weighted by Crippen LogP contribution is -2.57. The van der Waals surface area contributed by atoms with Crippen molar-refractivity contribution in [3.63, 3.8) is 0 Å². The molecule has 1 saturated carbocycles. The summed E-state index contributed by atoms with van der Waals surface area (Å²) in [6.07, 6.45) is 6.71. The van der Waals surface area contributed by atoms with E-state index in [1.54, 1.807) is 11.0 Å². The summed E-state index contributed by atoms with van der Waals surface area (Å²) in [5, 5.41) is 23.6. The van der Waals surface area contributed by atoms with Gasteiger partial charge in [-0.05, 0) is 43.7 Å². The van der Waals surface area contributed by atoms with Gasteiger partial charge in [0.25, 0.3) is 0 Å². The number of rotatable bonds is 8. The number of fused-ring (bicyclic) bond motifs is 3. The Hall–Kier alpha value is -2.42. The number of nitrogens with zero attached hydrogens (tertiary/aromatic N) is 1. The molecule has 1 saturated heterocycles. The van der Waals surface area contributed by atoms with E-state index in [0.717, 1.165) is 44.1 Å². The SMILES string of the molecule is O=C(NCCO)C1=CC(N(CC2CCCO2)C(=O)CC2CCCC2)C(O)C2Oc3ccccc3C12. The number of hydrogen-bond donors (Lipinski definition) is 3. The number of para-hydroxylation sites is 1. The molecule has 0 radical (unpaired) electrons. The van der Waals surface area contributed by atoms with E-state index < -0.39 is 24.2 Å². The van der Waals surface area contributed by atoms with E-state index >= 15 is 0 Å². The second-order valence-electron chi connectivity index (χ2n) is 10.2. The number of aliphatic hydroxyl groups excluding tert-OH is 2. The van der Waals surface area contributed by atoms with E-state index in [1.165, 1.54) is 0 Å². The highest BCUT2D eigenvalue weighted by molar-refractivity contribution is 5.96. The maximum atomic E-state index is 13.6. The van der Waals surface area contributed by atoms with Gasteiger partial charge in [-0.1, -0.05) is 31.0 Å². The number of nitrogens with one attached hydrogen (secondary N) is 1. The second-order valence-corrected chi connectivity index (χ2v) is 10.2. The summed E-state index contributed by atoms with van der Waals surface area (Å²) in [6.45, 7) is 1.02. The third-order valence-electron chi connectivity index (χ3n) is 7.92. The van der Waals surface area contributed by atoms with Crippen LogP contribution in [0.2, 0.25) is 0 Å². The molecule has 2 amide bonds. The molecule has 8 nitrogen and oxygen atoms in total. The Balaban J connectivity index is 1.48. The first kappa shape index (κ1) is 24.3. The van der Waals surface area contributed by atoms with Crippen molar-refractivity contribution in [2.45, 2.75) is 75.2 Å². The molecule has 2 aliphatic heterocycles. The van der Waals surface area contributed by atoms with Crippen molar-refractivity contribution in [2.75, 3.05) is 26.3 Å². The Morgan fingerprint density at radius 1 is 1.11 bits per heavy atom. The average molecular weight is 485 g/mol. The van der Waals surface area contributed by atoms with Crippen LogP contribution in [0.25, 0.3) is 0 Å². The van der Waals surface area contributed by atoms with E-state index in [2.05, 4.69) is 5.32 Å². The van der Waals surface area contributed by atoms with Gasteiger partial charge in [-0.25, -0.2) is 0 Å². The molecular weight excluding hydrogens is 448 g/mol. The molecule has 190 valence electrons. The minimum atomic E-state index is -0.990. The van der Waals surface area contributed by atoms with Crippen molar-refractivity contribution in [1.82, 2.24) is 10.2 Å². The van der Waals surface area contributed by atoms with Crippen molar-refractivity contribution in [3.05, 3.63) is 41.5 Å². The van der Waals surface area contributed by atoms with Crippen LogP contribution in [0.15, 0.2) is 35.9 Å². The zero-order valence-electron chi connectivity index (χ0n) is 20.1. The molecule has 35 heavy (non-hydrogen) atoms. The average Bonchev–Trinajstić information content (AvgIpc) is 3.63. The molecule has 1 aromatic carbocycles. The Kier molecular flexibility index (Phi) is 7.41. The molecule has 8 heteroatoms. The number of ether oxygens (including phenoxy) is 2. The van der Waals surface area contributed by atoms with Gasteiger partial charge in [-0.2, -0.15) is 0 Å². The fourth-order valence-electron chi connectivity index (χ4n) is 6.17. The summed E-state index contributed by atoms with van der Waals surface area (Å²) in [4.78, 5) is 28.6. The van der Waals surface area contributed by atoms with Crippen molar-refractivity contribution in [2.24, 2.45) is 5.92 Å². The van der Waals surface area contributed by atoms with Crippen LogP contribution in [0.1, 0.15) is 56.4 Å². The lowest BCUT2D eigenvalue weighted by Gasteiger charge is -2.41. The molecule has 0 bridgehead atoms. The number of aliphatic hydroxyl groups is 2. The van der Waals surface area contributed by atoms with Crippen molar-refractivity contribution in [3.8, 4) is 5.75 Å². The summed E-state index contributed by atoms with van der Waals surface area (Å²) in [5.74, 6) is 0.256. The van der Waals surface area contributed by atoms with E-state index in [9.17, 15) is 19.8 Å². The molecule has 3 N–H and O–H groups in total. The predicted octanol–water partition coefficient (Wildman–Crippen LogP) is 1.90. The number of carbonyl (C=O) groups is 2. The number of hydrogen-bond acceptors (Lipinski definition) is 6. The Morgan fingerprint density at radius 3 is 2.66 bits per heavy atom. The number of benzene rings is 1. The zero-order chi connectivity index (χ0) is 24.4. The zero-order valence-corrected chi connectivity index (χ0v) is 20.1. The standard InChI is InChI=1S/C27H36N2O6/c30-12-11-28-27(33)20-15-21(25(32)26-24(20)19-9-3-4-10-22(19)35-26)29(16-18-8-5-13-34-18)23(31)14-17-6-1-2-7-17/h3-4,9-10,15,17-18,21,24-26,30,32H,1-2,5-8,11-14,16H2,(H,28,33). The minimum absolute atomic E-state index is 0.00298. The van der Waals surface area contributed by atoms with Crippen LogP contribution in [0.4, 0.5) is 0 Å². The van der Waals surface area contributed by atoms with Gasteiger partial charge in [0, 0.05) is 37.3 Å². The molecule has 2 fully saturated rings. The summed E-state index contributed by atoms with van der Waals surface area (Å²) in [5.41, 5.74) is 1.32. The van der Waals surface area contributed by atoms with Gasteiger partial charge in [0.05, 0.1) is 24.7 Å². The summed E-state index contributed by atoms with van der Waals surface area (Å²) >= 11 is 0. The maximum absolute atomic E-state index is 13.6. The molecule has 5 atom stereocenters. The molecule has 0 spiro atoms. The lowest BCUT2D eigenvalue weighted by molar-refractivity contribution is -0.140. The van der Waals surface area contributed by atoms with Gasteiger partial charge >= 0.3 is 0 Å². The van der Waals surface area contributed by atoms with Crippen molar-refractivity contribution in [1.29, 1.82) is 0 Å². The predicted molar refractivity (Wildman–Crippen MR) is 129 cm³/mol. The van der Waals surface area contributed by atoms with Crippen LogP contribution in [0, 0.1) is 5.92 Å². The topological polar surface area (TPSA) is 108 Å². The first-order valence-corrected chi connectivity index (χ1v) is 13.0. The lowest BCUT2D eigenvalue weighted by atomic mass is 9.77. The van der Waals surface area contributed by atoms with Crippen molar-refractivity contribution < 1.29 is 29.3 Å². The van der Waals surface area contributed by atoms with Gasteiger partial charge in [0.1, 0.15) is 18.0 Å². The first-order chi connectivity index (χ1) is 17.1. The summed E-state index contributed by atoms with van der Waals surface area (Å²) in [6, 6.07) is 6.81. The first-order valence-electron chi connectivity index (χ1n) is 13.0. The van der Waals surface area contributed by atoms with Gasteiger partial charge in [0.2, 0.25) is 11.8 Å². The van der Waals surface area contributed by atoms with Gasteiger partial charge in [0.15, 0.2) is 0 Å². The third kappa shape index (κ3) is 4.97. The Morgan fingerprint density at radius 2 is 1.91 bits per heavy atom. The third-order valence-corrected chi connectivity index (χ3v) is 7.92. The van der Waals surface area contributed by atoms with E-state index in [-0.39, 0.29) is 31.1 Å². The Bertz CT molecular complexity index is 953. The number of carbonyl (C=O) groups excluding carboxylic acids is 2. The molecule has 2 aliphatic carbocycles. The van der Waals surface area contributed by atoms with Crippen LogP contribution in [-0.4, -0.2) is 77.6 Å². The van der Waals surface area contributed by atoms with Crippen LogP contribution < -0.4 is 10.1 Å². The van der Waals surface area contributed by atoms with Gasteiger partial charge < -0.3 is 29.9 Å². The van der Waals surface area contributed by atoms with Gasteiger partial charge in [-0.3, -0.25) is 9.59 Å². The van der Waals surface area contributed by atoms with E-state index in [4.69, 9.17) is 9.47 Å². The molecule has 5 unspecified atom stereocenters. The monoisotopic (exact) mass is 484 g/mol. The van der Waals surface area contributed by atoms with Gasteiger partial charge in [-0.15, -0.1) is 0 Å². The van der Waals surface area contributed by atoms with Crippen molar-refractivity contribution >= 4 is 11.8 Å². The molecule has 1 aromatic rings. The molecule has 5 rings (SSSR count). The van der Waals surface area contributed by atoms with E-state index in [1.807, 2.05) is 24.3 Å². The van der Waals surface area contributed by atoms with E-state index in [0.29, 0.717) is 36.8 Å². The minimum Gasteiger partial charge on any atom is -0.486 e. The number of amides is 2. The maximum Gasteiger partial charge on any atom is 0.247 e. The largest absolute Gasteiger partial charge is 0.486 e. The van der Waals surface area contributed by atoms with Crippen LogP contribution >= 0.6 is 0 Å². The molecular formula is C27H36N2O6. The Labute approximate surface area is 206 Å². The van der Waals surface area contributed by atoms with Crippen LogP contribution in [0.3, 0.4) is 0 Å². The quantitative estimate of drug-likeness (QED) is 0.520. The fraction of sp³-hybridized carbons (Fsp3) is 0.630. The second kappa shape index (κ2) is 10.7. The normalized spacial score (nSPS) is 29.8. The van der Waals surface area contributed by atoms with Crippen LogP contribution in [-0.2, 0) is 14.3 Å². The summed E-state index contributed by atoms with van der Waals surface area (Å²) in [7, 11) is 0. The molecule has 0 aromatic heterocycles. The highest BCUT2D eigenvalue weighted by atomic mass is 16.5. The summed E-state index contributed by atoms with van der Waals surface area (Å²) < 4.78 is 12.0. The fourth-order valence-corrected chi connectivity index (χ4v) is 6.17. The smallest absolute Gasteiger partial charge is 0.247 e. The molecule has 2 heterocycles. The van der Waals surface area contributed by atoms with Crippen LogP contribution in [0.5, 0.6) is 5.75 Å². The highest BCUT2D eigenvalue weighted by Gasteiger charge is 2.50. The molecule has 4 aliphatic rings.